The zero-order chi connectivity index (χ0) is 23.0. The Kier molecular flexibility index (Phi) is 6.17. The molecule has 176 valence electrons. The number of carbonyl (C=O) groups excluding carboxylic acids is 1. The summed E-state index contributed by atoms with van der Waals surface area (Å²) in [5.74, 6) is -0.208. The fourth-order valence-corrected chi connectivity index (χ4v) is 6.31. The van der Waals surface area contributed by atoms with Crippen LogP contribution in [0.3, 0.4) is 0 Å². The quantitative estimate of drug-likeness (QED) is 0.639. The summed E-state index contributed by atoms with van der Waals surface area (Å²) >= 11 is 0. The van der Waals surface area contributed by atoms with E-state index in [-0.39, 0.29) is 23.3 Å². The normalized spacial score (nSPS) is 20.8. The van der Waals surface area contributed by atoms with Gasteiger partial charge in [-0.05, 0) is 81.9 Å². The molecule has 0 bridgehead atoms. The number of amides is 2. The highest BCUT2D eigenvalue weighted by Crippen LogP contribution is 2.47. The van der Waals surface area contributed by atoms with Gasteiger partial charge in [-0.3, -0.25) is 9.80 Å². The van der Waals surface area contributed by atoms with Gasteiger partial charge in [0.25, 0.3) is 0 Å². The Morgan fingerprint density at radius 2 is 1.73 bits per heavy atom. The van der Waals surface area contributed by atoms with Crippen molar-refractivity contribution in [1.29, 1.82) is 0 Å². The van der Waals surface area contributed by atoms with E-state index < -0.39 is 0 Å². The van der Waals surface area contributed by atoms with Gasteiger partial charge < -0.3 is 5.32 Å². The molecule has 1 saturated heterocycles. The van der Waals surface area contributed by atoms with Gasteiger partial charge in [-0.1, -0.05) is 48.6 Å². The molecule has 0 atom stereocenters. The van der Waals surface area contributed by atoms with E-state index in [1.54, 1.807) is 6.07 Å². The Labute approximate surface area is 197 Å². The Morgan fingerprint density at radius 3 is 2.42 bits per heavy atom. The van der Waals surface area contributed by atoms with Crippen LogP contribution in [0, 0.1) is 19.7 Å². The van der Waals surface area contributed by atoms with Crippen molar-refractivity contribution in [3.8, 4) is 0 Å². The van der Waals surface area contributed by atoms with Crippen molar-refractivity contribution in [2.24, 2.45) is 0 Å². The molecule has 1 N–H and O–H groups in total. The van der Waals surface area contributed by atoms with E-state index in [0.29, 0.717) is 6.54 Å². The largest absolute Gasteiger partial charge is 0.335 e. The third-order valence-electron chi connectivity index (χ3n) is 7.96. The van der Waals surface area contributed by atoms with E-state index >= 15 is 0 Å². The number of hydrogen-bond acceptors (Lipinski definition) is 2. The van der Waals surface area contributed by atoms with Crippen LogP contribution in [0.2, 0.25) is 0 Å². The number of aryl methyl sites for hydroxylation is 2. The van der Waals surface area contributed by atoms with E-state index in [9.17, 15) is 9.18 Å². The summed E-state index contributed by atoms with van der Waals surface area (Å²) in [6, 6.07) is 12.0. The SMILES string of the molecule is Cc1cc(C)cc(CN2CCC3(CC2)CN(C(=O)NC2CCCCC2)c2ccc(F)cc23)c1. The smallest absolute Gasteiger partial charge is 0.322 e. The number of nitrogens with one attached hydrogen (secondary N) is 1. The first-order chi connectivity index (χ1) is 15.9. The number of urea groups is 1. The lowest BCUT2D eigenvalue weighted by Crippen LogP contribution is -2.49. The van der Waals surface area contributed by atoms with E-state index in [1.807, 2.05) is 11.0 Å². The molecule has 2 heterocycles. The second kappa shape index (κ2) is 9.09. The van der Waals surface area contributed by atoms with Crippen LogP contribution in [-0.2, 0) is 12.0 Å². The van der Waals surface area contributed by atoms with Gasteiger partial charge in [0.1, 0.15) is 5.82 Å². The molecule has 0 unspecified atom stereocenters. The molecular formula is C28H36FN3O. The van der Waals surface area contributed by atoms with Gasteiger partial charge in [-0.2, -0.15) is 0 Å². The number of rotatable bonds is 3. The van der Waals surface area contributed by atoms with Gasteiger partial charge in [0, 0.05) is 30.2 Å². The molecule has 1 saturated carbocycles. The summed E-state index contributed by atoms with van der Waals surface area (Å²) in [5, 5.41) is 3.27. The molecule has 1 spiro atoms. The highest BCUT2D eigenvalue weighted by atomic mass is 19.1. The first kappa shape index (κ1) is 22.4. The Morgan fingerprint density at radius 1 is 1.03 bits per heavy atom. The predicted molar refractivity (Wildman–Crippen MR) is 131 cm³/mol. The lowest BCUT2D eigenvalue weighted by molar-refractivity contribution is 0.159. The maximum Gasteiger partial charge on any atom is 0.322 e. The Bertz CT molecular complexity index is 1000. The summed E-state index contributed by atoms with van der Waals surface area (Å²) in [6.07, 6.45) is 7.66. The predicted octanol–water partition coefficient (Wildman–Crippen LogP) is 5.84. The molecule has 1 aliphatic carbocycles. The minimum Gasteiger partial charge on any atom is -0.335 e. The second-order valence-corrected chi connectivity index (χ2v) is 10.6. The molecule has 5 rings (SSSR count). The summed E-state index contributed by atoms with van der Waals surface area (Å²) in [4.78, 5) is 17.7. The fourth-order valence-electron chi connectivity index (χ4n) is 6.31. The van der Waals surface area contributed by atoms with Gasteiger partial charge in [0.2, 0.25) is 0 Å². The fraction of sp³-hybridized carbons (Fsp3) is 0.536. The zero-order valence-corrected chi connectivity index (χ0v) is 20.0. The van der Waals surface area contributed by atoms with Crippen LogP contribution >= 0.6 is 0 Å². The van der Waals surface area contributed by atoms with Crippen LogP contribution in [0.25, 0.3) is 0 Å². The van der Waals surface area contributed by atoms with Crippen LogP contribution in [0.5, 0.6) is 0 Å². The lowest BCUT2D eigenvalue weighted by atomic mass is 9.74. The van der Waals surface area contributed by atoms with E-state index in [4.69, 9.17) is 0 Å². The van der Waals surface area contributed by atoms with Gasteiger partial charge >= 0.3 is 6.03 Å². The average Bonchev–Trinajstić information content (AvgIpc) is 3.09. The van der Waals surface area contributed by atoms with Crippen molar-refractivity contribution >= 4 is 11.7 Å². The van der Waals surface area contributed by atoms with Crippen LogP contribution in [0.15, 0.2) is 36.4 Å². The highest BCUT2D eigenvalue weighted by molar-refractivity contribution is 5.95. The van der Waals surface area contributed by atoms with Crippen LogP contribution in [0.4, 0.5) is 14.9 Å². The molecule has 2 aromatic rings. The van der Waals surface area contributed by atoms with Crippen molar-refractivity contribution in [1.82, 2.24) is 10.2 Å². The minimum atomic E-state index is -0.208. The van der Waals surface area contributed by atoms with Gasteiger partial charge in [0.15, 0.2) is 0 Å². The number of piperidine rings is 1. The molecule has 0 aromatic heterocycles. The lowest BCUT2D eigenvalue weighted by Gasteiger charge is -2.40. The maximum absolute atomic E-state index is 14.3. The summed E-state index contributed by atoms with van der Waals surface area (Å²) in [7, 11) is 0. The summed E-state index contributed by atoms with van der Waals surface area (Å²) < 4.78 is 14.3. The number of likely N-dealkylation sites (tertiary alicyclic amines) is 1. The first-order valence-electron chi connectivity index (χ1n) is 12.6. The van der Waals surface area contributed by atoms with Crippen LogP contribution in [-0.4, -0.2) is 36.6 Å². The van der Waals surface area contributed by atoms with E-state index in [0.717, 1.165) is 56.6 Å². The molecular weight excluding hydrogens is 413 g/mol. The topological polar surface area (TPSA) is 35.6 Å². The van der Waals surface area contributed by atoms with Crippen LogP contribution in [0.1, 0.15) is 67.2 Å². The number of halogens is 1. The van der Waals surface area contributed by atoms with E-state index in [2.05, 4.69) is 42.3 Å². The van der Waals surface area contributed by atoms with Crippen molar-refractivity contribution in [2.45, 2.75) is 76.8 Å². The first-order valence-corrected chi connectivity index (χ1v) is 12.6. The number of nitrogens with zero attached hydrogens (tertiary/aromatic N) is 2. The molecule has 33 heavy (non-hydrogen) atoms. The second-order valence-electron chi connectivity index (χ2n) is 10.6. The summed E-state index contributed by atoms with van der Waals surface area (Å²) in [6.45, 7) is 7.82. The Balaban J connectivity index is 1.31. The van der Waals surface area contributed by atoms with Gasteiger partial charge in [0.05, 0.1) is 0 Å². The third-order valence-corrected chi connectivity index (χ3v) is 7.96. The molecule has 3 aliphatic rings. The molecule has 2 amide bonds. The van der Waals surface area contributed by atoms with Gasteiger partial charge in [-0.25, -0.2) is 9.18 Å². The molecule has 2 fully saturated rings. The van der Waals surface area contributed by atoms with Crippen molar-refractivity contribution < 1.29 is 9.18 Å². The third kappa shape index (κ3) is 4.65. The number of fused-ring (bicyclic) bond motifs is 2. The molecule has 5 heteroatoms. The minimum absolute atomic E-state index is 0.00991. The van der Waals surface area contributed by atoms with E-state index in [1.165, 1.54) is 42.0 Å². The zero-order valence-electron chi connectivity index (χ0n) is 20.0. The number of benzene rings is 2. The number of anilines is 1. The Hall–Kier alpha value is -2.40. The maximum atomic E-state index is 14.3. The summed E-state index contributed by atoms with van der Waals surface area (Å²) in [5.41, 5.74) is 5.73. The molecule has 0 radical (unpaired) electrons. The van der Waals surface area contributed by atoms with Crippen molar-refractivity contribution in [3.63, 3.8) is 0 Å². The molecule has 2 aliphatic heterocycles. The standard InChI is InChI=1S/C28H36FN3O/c1-20-14-21(2)16-22(15-20)18-31-12-10-28(11-13-31)19-32(26-9-8-23(29)17-25(26)28)27(33)30-24-6-4-3-5-7-24/h8-9,14-17,24H,3-7,10-13,18-19H2,1-2H3,(H,30,33). The van der Waals surface area contributed by atoms with Gasteiger partial charge in [-0.15, -0.1) is 0 Å². The van der Waals surface area contributed by atoms with Crippen molar-refractivity contribution in [2.75, 3.05) is 24.5 Å². The van der Waals surface area contributed by atoms with Crippen molar-refractivity contribution in [3.05, 3.63) is 64.5 Å². The average molecular weight is 450 g/mol. The molecule has 2 aromatic carbocycles. The highest BCUT2D eigenvalue weighted by Gasteiger charge is 2.46. The van der Waals surface area contributed by atoms with Crippen LogP contribution < -0.4 is 10.2 Å². The number of carbonyl (C=O) groups is 1. The number of hydrogen-bond donors (Lipinski definition) is 1. The molecule has 4 nitrogen and oxygen atoms in total. The monoisotopic (exact) mass is 449 g/mol.